The van der Waals surface area contributed by atoms with Crippen molar-refractivity contribution in [1.82, 2.24) is 10.3 Å². The predicted octanol–water partition coefficient (Wildman–Crippen LogP) is 2.31. The summed E-state index contributed by atoms with van der Waals surface area (Å²) >= 11 is 0. The molecule has 0 radical (unpaired) electrons. The van der Waals surface area contributed by atoms with Gasteiger partial charge in [-0.25, -0.2) is 4.98 Å². The molecule has 4 heteroatoms. The van der Waals surface area contributed by atoms with Crippen LogP contribution >= 0.6 is 0 Å². The lowest BCUT2D eigenvalue weighted by molar-refractivity contribution is 0.372. The van der Waals surface area contributed by atoms with E-state index in [9.17, 15) is 0 Å². The zero-order valence-corrected chi connectivity index (χ0v) is 12.1. The minimum absolute atomic E-state index is 0.698. The van der Waals surface area contributed by atoms with Crippen LogP contribution in [0.2, 0.25) is 0 Å². The minimum atomic E-state index is 0.698. The summed E-state index contributed by atoms with van der Waals surface area (Å²) in [6.45, 7) is 6.78. The van der Waals surface area contributed by atoms with Gasteiger partial charge in [0.1, 0.15) is 0 Å². The maximum Gasteiger partial charge on any atom is 0.214 e. The standard InChI is InChI=1S/C15H25N3O/c1-3-10-18(12-13-4-7-16-8-5-13)14-6-9-17-15(11-14)19-2/h6,9,11,13,16H,3-5,7-8,10,12H2,1-2H3. The van der Waals surface area contributed by atoms with Crippen molar-refractivity contribution in [3.8, 4) is 5.88 Å². The van der Waals surface area contributed by atoms with Crippen molar-refractivity contribution in [1.29, 1.82) is 0 Å². The van der Waals surface area contributed by atoms with Gasteiger partial charge in [0.15, 0.2) is 0 Å². The molecule has 0 aromatic carbocycles. The Morgan fingerprint density at radius 2 is 2.21 bits per heavy atom. The van der Waals surface area contributed by atoms with E-state index in [1.54, 1.807) is 7.11 Å². The summed E-state index contributed by atoms with van der Waals surface area (Å²) in [4.78, 5) is 6.66. The fourth-order valence-corrected chi connectivity index (χ4v) is 2.68. The third-order valence-electron chi connectivity index (χ3n) is 3.72. The fraction of sp³-hybridized carbons (Fsp3) is 0.667. The quantitative estimate of drug-likeness (QED) is 0.854. The highest BCUT2D eigenvalue weighted by atomic mass is 16.5. The topological polar surface area (TPSA) is 37.4 Å². The van der Waals surface area contributed by atoms with Crippen molar-refractivity contribution in [3.63, 3.8) is 0 Å². The van der Waals surface area contributed by atoms with E-state index in [2.05, 4.69) is 28.2 Å². The van der Waals surface area contributed by atoms with Crippen molar-refractivity contribution >= 4 is 5.69 Å². The third kappa shape index (κ3) is 4.10. The van der Waals surface area contributed by atoms with E-state index < -0.39 is 0 Å². The molecule has 1 saturated heterocycles. The maximum absolute atomic E-state index is 5.23. The molecule has 19 heavy (non-hydrogen) atoms. The first-order valence-electron chi connectivity index (χ1n) is 7.29. The Morgan fingerprint density at radius 1 is 1.42 bits per heavy atom. The molecule has 1 aliphatic rings. The number of rotatable bonds is 6. The number of nitrogens with zero attached hydrogens (tertiary/aromatic N) is 2. The largest absolute Gasteiger partial charge is 0.481 e. The summed E-state index contributed by atoms with van der Waals surface area (Å²) in [5.41, 5.74) is 1.23. The number of ether oxygens (including phenoxy) is 1. The molecule has 0 aliphatic carbocycles. The van der Waals surface area contributed by atoms with Crippen LogP contribution in [0.25, 0.3) is 0 Å². The minimum Gasteiger partial charge on any atom is -0.481 e. The summed E-state index contributed by atoms with van der Waals surface area (Å²) in [5, 5.41) is 3.43. The van der Waals surface area contributed by atoms with Crippen LogP contribution in [-0.4, -0.2) is 38.3 Å². The third-order valence-corrected chi connectivity index (χ3v) is 3.72. The van der Waals surface area contributed by atoms with E-state index in [1.807, 2.05) is 12.3 Å². The summed E-state index contributed by atoms with van der Waals surface area (Å²) in [6, 6.07) is 4.12. The number of anilines is 1. The predicted molar refractivity (Wildman–Crippen MR) is 78.9 cm³/mol. The molecule has 2 heterocycles. The van der Waals surface area contributed by atoms with Gasteiger partial charge in [-0.2, -0.15) is 0 Å². The van der Waals surface area contributed by atoms with Crippen molar-refractivity contribution < 1.29 is 4.74 Å². The second kappa shape index (κ2) is 7.34. The molecule has 0 unspecified atom stereocenters. The number of nitrogens with one attached hydrogen (secondary N) is 1. The normalized spacial score (nSPS) is 16.3. The van der Waals surface area contributed by atoms with Crippen molar-refractivity contribution in [2.45, 2.75) is 26.2 Å². The SMILES string of the molecule is CCCN(CC1CCNCC1)c1ccnc(OC)c1. The van der Waals surface area contributed by atoms with Crippen molar-refractivity contribution in [3.05, 3.63) is 18.3 Å². The second-order valence-corrected chi connectivity index (χ2v) is 5.20. The average Bonchev–Trinajstić information content (AvgIpc) is 2.48. The molecular formula is C15H25N3O. The monoisotopic (exact) mass is 263 g/mol. The Morgan fingerprint density at radius 3 is 2.89 bits per heavy atom. The van der Waals surface area contributed by atoms with E-state index in [4.69, 9.17) is 4.74 Å². The number of hydrogen-bond donors (Lipinski definition) is 1. The first kappa shape index (κ1) is 14.1. The molecule has 0 spiro atoms. The van der Waals surface area contributed by atoms with Crippen LogP contribution < -0.4 is 15.0 Å². The molecular weight excluding hydrogens is 238 g/mol. The van der Waals surface area contributed by atoms with Crippen molar-refractivity contribution in [2.24, 2.45) is 5.92 Å². The van der Waals surface area contributed by atoms with E-state index >= 15 is 0 Å². The Labute approximate surface area is 116 Å². The lowest BCUT2D eigenvalue weighted by atomic mass is 9.97. The highest BCUT2D eigenvalue weighted by molar-refractivity contribution is 5.48. The van der Waals surface area contributed by atoms with E-state index in [1.165, 1.54) is 18.5 Å². The van der Waals surface area contributed by atoms with Crippen LogP contribution in [0.4, 0.5) is 5.69 Å². The van der Waals surface area contributed by atoms with Crippen LogP contribution in [0.15, 0.2) is 18.3 Å². The molecule has 106 valence electrons. The second-order valence-electron chi connectivity index (χ2n) is 5.20. The van der Waals surface area contributed by atoms with Crippen LogP contribution in [0.5, 0.6) is 5.88 Å². The highest BCUT2D eigenvalue weighted by Crippen LogP contribution is 2.22. The molecule has 1 aromatic rings. The molecule has 0 bridgehead atoms. The molecule has 0 saturated carbocycles. The molecule has 0 amide bonds. The Balaban J connectivity index is 2.04. The van der Waals surface area contributed by atoms with E-state index in [-0.39, 0.29) is 0 Å². The summed E-state index contributed by atoms with van der Waals surface area (Å²) in [7, 11) is 1.67. The van der Waals surface area contributed by atoms with Crippen LogP contribution in [0, 0.1) is 5.92 Å². The van der Waals surface area contributed by atoms with Gasteiger partial charge in [0.05, 0.1) is 7.11 Å². The van der Waals surface area contributed by atoms with Crippen LogP contribution in [-0.2, 0) is 0 Å². The smallest absolute Gasteiger partial charge is 0.214 e. The van der Waals surface area contributed by atoms with Crippen molar-refractivity contribution in [2.75, 3.05) is 38.2 Å². The zero-order valence-electron chi connectivity index (χ0n) is 12.1. The van der Waals surface area contributed by atoms with E-state index in [0.29, 0.717) is 5.88 Å². The Bertz CT molecular complexity index is 377. The lowest BCUT2D eigenvalue weighted by Gasteiger charge is -2.31. The molecule has 1 fully saturated rings. The van der Waals surface area contributed by atoms with Crippen LogP contribution in [0.3, 0.4) is 0 Å². The Hall–Kier alpha value is -1.29. The molecule has 1 aliphatic heterocycles. The summed E-state index contributed by atoms with van der Waals surface area (Å²) in [6.07, 6.45) is 5.56. The first-order valence-corrected chi connectivity index (χ1v) is 7.29. The van der Waals surface area contributed by atoms with Gasteiger partial charge < -0.3 is 15.0 Å². The summed E-state index contributed by atoms with van der Waals surface area (Å²) in [5.74, 6) is 1.50. The van der Waals surface area contributed by atoms with Gasteiger partial charge in [-0.1, -0.05) is 6.92 Å². The highest BCUT2D eigenvalue weighted by Gasteiger charge is 2.17. The molecule has 4 nitrogen and oxygen atoms in total. The van der Waals surface area contributed by atoms with Gasteiger partial charge in [-0.05, 0) is 44.3 Å². The number of piperidine rings is 1. The maximum atomic E-state index is 5.23. The molecule has 1 N–H and O–H groups in total. The molecule has 2 rings (SSSR count). The Kier molecular flexibility index (Phi) is 5.45. The summed E-state index contributed by atoms with van der Waals surface area (Å²) < 4.78 is 5.23. The zero-order chi connectivity index (χ0) is 13.5. The van der Waals surface area contributed by atoms with Gasteiger partial charge in [0, 0.05) is 31.0 Å². The first-order chi connectivity index (χ1) is 9.33. The number of pyridine rings is 1. The van der Waals surface area contributed by atoms with Gasteiger partial charge in [0.2, 0.25) is 5.88 Å². The van der Waals surface area contributed by atoms with E-state index in [0.717, 1.165) is 38.5 Å². The van der Waals surface area contributed by atoms with Gasteiger partial charge >= 0.3 is 0 Å². The number of hydrogen-bond acceptors (Lipinski definition) is 4. The van der Waals surface area contributed by atoms with Crippen LogP contribution in [0.1, 0.15) is 26.2 Å². The van der Waals surface area contributed by atoms with Gasteiger partial charge in [0.25, 0.3) is 0 Å². The average molecular weight is 263 g/mol. The molecule has 1 aromatic heterocycles. The fourth-order valence-electron chi connectivity index (χ4n) is 2.68. The number of aromatic nitrogens is 1. The number of methoxy groups -OCH3 is 1. The van der Waals surface area contributed by atoms with Gasteiger partial charge in [-0.3, -0.25) is 0 Å². The molecule has 0 atom stereocenters. The lowest BCUT2D eigenvalue weighted by Crippen LogP contribution is -2.36. The van der Waals surface area contributed by atoms with Gasteiger partial charge in [-0.15, -0.1) is 0 Å².